The topological polar surface area (TPSA) is 47.4 Å². The summed E-state index contributed by atoms with van der Waals surface area (Å²) in [4.78, 5) is 14.4. The fourth-order valence-electron chi connectivity index (χ4n) is 3.24. The Balaban J connectivity index is 1.66. The van der Waals surface area contributed by atoms with E-state index in [9.17, 15) is 4.79 Å². The van der Waals surface area contributed by atoms with Crippen molar-refractivity contribution in [1.82, 2.24) is 14.7 Å². The summed E-state index contributed by atoms with van der Waals surface area (Å²) in [7, 11) is 0. The smallest absolute Gasteiger partial charge is 0.342 e. The maximum atomic E-state index is 12.0. The highest BCUT2D eigenvalue weighted by molar-refractivity contribution is 6.32. The molecule has 0 aliphatic carbocycles. The summed E-state index contributed by atoms with van der Waals surface area (Å²) >= 11 is 6.15. The third-order valence-corrected chi connectivity index (χ3v) is 5.18. The molecule has 3 rings (SSSR count). The molecule has 134 valence electrons. The molecular formula is C19H24ClN3O2. The molecule has 25 heavy (non-hydrogen) atoms. The molecule has 5 nitrogen and oxygen atoms in total. The first-order chi connectivity index (χ1) is 12.0. The van der Waals surface area contributed by atoms with Gasteiger partial charge in [-0.05, 0) is 32.3 Å². The molecule has 0 atom stereocenters. The molecular weight excluding hydrogens is 338 g/mol. The molecule has 6 heteroatoms. The highest BCUT2D eigenvalue weighted by Crippen LogP contribution is 2.31. The minimum absolute atomic E-state index is 0.137. The van der Waals surface area contributed by atoms with Crippen LogP contribution in [0.4, 0.5) is 0 Å². The molecule has 2 aromatic rings. The summed E-state index contributed by atoms with van der Waals surface area (Å²) in [5.74, 6) is -0.413. The van der Waals surface area contributed by atoms with Crippen LogP contribution in [0.3, 0.4) is 0 Å². The predicted molar refractivity (Wildman–Crippen MR) is 97.8 cm³/mol. The normalized spacial score (nSPS) is 17.4. The van der Waals surface area contributed by atoms with Gasteiger partial charge >= 0.3 is 5.97 Å². The van der Waals surface area contributed by atoms with Crippen molar-refractivity contribution in [2.45, 2.75) is 38.8 Å². The maximum absolute atomic E-state index is 12.0. The highest BCUT2D eigenvalue weighted by Gasteiger charge is 2.34. The van der Waals surface area contributed by atoms with Gasteiger partial charge in [-0.15, -0.1) is 0 Å². The van der Waals surface area contributed by atoms with Crippen molar-refractivity contribution in [2.75, 3.05) is 19.7 Å². The number of aromatic nitrogens is 2. The Morgan fingerprint density at radius 2 is 1.96 bits per heavy atom. The van der Waals surface area contributed by atoms with Gasteiger partial charge in [0.15, 0.2) is 5.15 Å². The number of piperidine rings is 1. The second-order valence-corrected chi connectivity index (χ2v) is 7.12. The van der Waals surface area contributed by atoms with Gasteiger partial charge in [0.05, 0.1) is 12.1 Å². The second kappa shape index (κ2) is 7.58. The SMILES string of the molecule is CCOC(=O)c1cn(C2(C)CCN(Cc3ccccc3)CC2)nc1Cl. The fraction of sp³-hybridized carbons (Fsp3) is 0.474. The molecule has 1 saturated heterocycles. The predicted octanol–water partition coefficient (Wildman–Crippen LogP) is 3.72. The molecule has 1 aromatic carbocycles. The molecule has 0 radical (unpaired) electrons. The molecule has 0 bridgehead atoms. The third-order valence-electron chi connectivity index (χ3n) is 4.90. The lowest BCUT2D eigenvalue weighted by atomic mass is 9.89. The lowest BCUT2D eigenvalue weighted by Gasteiger charge is -2.39. The molecule has 1 aliphatic rings. The lowest BCUT2D eigenvalue weighted by Crippen LogP contribution is -2.44. The largest absolute Gasteiger partial charge is 0.462 e. The molecule has 1 aromatic heterocycles. The summed E-state index contributed by atoms with van der Waals surface area (Å²) in [6.07, 6.45) is 3.65. The zero-order valence-electron chi connectivity index (χ0n) is 14.7. The van der Waals surface area contributed by atoms with Gasteiger partial charge in [0.1, 0.15) is 5.56 Å². The number of carbonyl (C=O) groups excluding carboxylic acids is 1. The molecule has 1 fully saturated rings. The first kappa shape index (κ1) is 18.0. The van der Waals surface area contributed by atoms with Gasteiger partial charge in [-0.25, -0.2) is 4.79 Å². The molecule has 1 aliphatic heterocycles. The maximum Gasteiger partial charge on any atom is 0.342 e. The second-order valence-electron chi connectivity index (χ2n) is 6.76. The van der Waals surface area contributed by atoms with E-state index in [1.807, 2.05) is 10.7 Å². The van der Waals surface area contributed by atoms with Crippen molar-refractivity contribution in [3.05, 3.63) is 52.8 Å². The van der Waals surface area contributed by atoms with Crippen molar-refractivity contribution in [3.8, 4) is 0 Å². The van der Waals surface area contributed by atoms with Gasteiger partial charge in [0.2, 0.25) is 0 Å². The van der Waals surface area contributed by atoms with E-state index in [2.05, 4.69) is 41.2 Å². The average Bonchev–Trinajstić information content (AvgIpc) is 3.01. The standard InChI is InChI=1S/C19H24ClN3O2/c1-3-25-18(24)16-14-23(21-17(16)20)19(2)9-11-22(12-10-19)13-15-7-5-4-6-8-15/h4-8,14H,3,9-13H2,1-2H3. The third kappa shape index (κ3) is 4.05. The highest BCUT2D eigenvalue weighted by atomic mass is 35.5. The minimum atomic E-state index is -0.413. The van der Waals surface area contributed by atoms with Crippen LogP contribution in [0.5, 0.6) is 0 Å². The van der Waals surface area contributed by atoms with E-state index in [1.165, 1.54) is 5.56 Å². The van der Waals surface area contributed by atoms with Crippen LogP contribution in [-0.2, 0) is 16.8 Å². The van der Waals surface area contributed by atoms with Crippen molar-refractivity contribution in [1.29, 1.82) is 0 Å². The number of esters is 1. The zero-order chi connectivity index (χ0) is 17.9. The monoisotopic (exact) mass is 361 g/mol. The summed E-state index contributed by atoms with van der Waals surface area (Å²) in [5.41, 5.74) is 1.54. The van der Waals surface area contributed by atoms with Gasteiger partial charge in [0, 0.05) is 25.8 Å². The quantitative estimate of drug-likeness (QED) is 0.761. The Morgan fingerprint density at radius 3 is 2.60 bits per heavy atom. The van der Waals surface area contributed by atoms with Crippen LogP contribution in [0.25, 0.3) is 0 Å². The van der Waals surface area contributed by atoms with Crippen molar-refractivity contribution in [2.24, 2.45) is 0 Å². The minimum Gasteiger partial charge on any atom is -0.462 e. The number of ether oxygens (including phenoxy) is 1. The van der Waals surface area contributed by atoms with E-state index in [4.69, 9.17) is 16.3 Å². The van der Waals surface area contributed by atoms with E-state index in [0.29, 0.717) is 12.2 Å². The Kier molecular flexibility index (Phi) is 5.45. The van der Waals surface area contributed by atoms with Crippen LogP contribution >= 0.6 is 11.6 Å². The molecule has 0 N–H and O–H groups in total. The van der Waals surface area contributed by atoms with E-state index in [1.54, 1.807) is 13.1 Å². The number of halogens is 1. The number of nitrogens with zero attached hydrogens (tertiary/aromatic N) is 3. The van der Waals surface area contributed by atoms with Gasteiger partial charge < -0.3 is 4.74 Å². The zero-order valence-corrected chi connectivity index (χ0v) is 15.5. The first-order valence-corrected chi connectivity index (χ1v) is 9.09. The number of rotatable bonds is 5. The first-order valence-electron chi connectivity index (χ1n) is 8.71. The molecule has 0 spiro atoms. The summed E-state index contributed by atoms with van der Waals surface area (Å²) < 4.78 is 6.89. The number of carbonyl (C=O) groups is 1. The van der Waals surface area contributed by atoms with Crippen LogP contribution in [-0.4, -0.2) is 40.3 Å². The molecule has 2 heterocycles. The van der Waals surface area contributed by atoms with Gasteiger partial charge in [-0.2, -0.15) is 5.10 Å². The van der Waals surface area contributed by atoms with Crippen molar-refractivity contribution >= 4 is 17.6 Å². The van der Waals surface area contributed by atoms with Crippen LogP contribution in [0.15, 0.2) is 36.5 Å². The van der Waals surface area contributed by atoms with Crippen LogP contribution < -0.4 is 0 Å². The Bertz CT molecular complexity index is 722. The summed E-state index contributed by atoms with van der Waals surface area (Å²) in [6.45, 7) is 7.21. The fourth-order valence-corrected chi connectivity index (χ4v) is 3.45. The van der Waals surface area contributed by atoms with E-state index in [-0.39, 0.29) is 10.7 Å². The number of hydrogen-bond acceptors (Lipinski definition) is 4. The van der Waals surface area contributed by atoms with E-state index >= 15 is 0 Å². The van der Waals surface area contributed by atoms with Gasteiger partial charge in [-0.3, -0.25) is 9.58 Å². The van der Waals surface area contributed by atoms with E-state index < -0.39 is 5.97 Å². The van der Waals surface area contributed by atoms with Crippen LogP contribution in [0.2, 0.25) is 5.15 Å². The Morgan fingerprint density at radius 1 is 1.28 bits per heavy atom. The Labute approximate surface area is 153 Å². The Hall–Kier alpha value is -1.85. The summed E-state index contributed by atoms with van der Waals surface area (Å²) in [6, 6.07) is 10.5. The van der Waals surface area contributed by atoms with Gasteiger partial charge in [0.25, 0.3) is 0 Å². The van der Waals surface area contributed by atoms with E-state index in [0.717, 1.165) is 32.5 Å². The molecule has 0 amide bonds. The average molecular weight is 362 g/mol. The summed E-state index contributed by atoms with van der Waals surface area (Å²) in [5, 5.41) is 4.60. The number of likely N-dealkylation sites (tertiary alicyclic amines) is 1. The molecule has 0 saturated carbocycles. The number of benzene rings is 1. The van der Waals surface area contributed by atoms with Gasteiger partial charge in [-0.1, -0.05) is 41.9 Å². The molecule has 0 unspecified atom stereocenters. The number of hydrogen-bond donors (Lipinski definition) is 0. The van der Waals surface area contributed by atoms with Crippen molar-refractivity contribution in [3.63, 3.8) is 0 Å². The van der Waals surface area contributed by atoms with Crippen LogP contribution in [0, 0.1) is 0 Å². The lowest BCUT2D eigenvalue weighted by molar-refractivity contribution is 0.0525. The van der Waals surface area contributed by atoms with Crippen molar-refractivity contribution < 1.29 is 9.53 Å². The van der Waals surface area contributed by atoms with Crippen LogP contribution in [0.1, 0.15) is 42.6 Å².